The first-order valence-corrected chi connectivity index (χ1v) is 5.37. The van der Waals surface area contributed by atoms with E-state index in [9.17, 15) is 9.50 Å². The van der Waals surface area contributed by atoms with E-state index in [-0.39, 0.29) is 11.9 Å². The fraction of sp³-hybridized carbons (Fsp3) is 0.500. The quantitative estimate of drug-likeness (QED) is 0.754. The van der Waals surface area contributed by atoms with E-state index in [1.807, 2.05) is 19.0 Å². The van der Waals surface area contributed by atoms with Crippen LogP contribution in [0.2, 0.25) is 0 Å². The molecule has 16 heavy (non-hydrogen) atoms. The first kappa shape index (κ1) is 13.1. The second kappa shape index (κ2) is 6.58. The lowest BCUT2D eigenvalue weighted by molar-refractivity contribution is 0.123. The van der Waals surface area contributed by atoms with Crippen LogP contribution >= 0.6 is 0 Å². The molecule has 1 aromatic carbocycles. The van der Waals surface area contributed by atoms with Crippen molar-refractivity contribution in [3.05, 3.63) is 35.6 Å². The molecule has 0 heterocycles. The largest absolute Gasteiger partial charge is 0.390 e. The zero-order valence-corrected chi connectivity index (χ0v) is 9.78. The van der Waals surface area contributed by atoms with Gasteiger partial charge in [-0.3, -0.25) is 4.90 Å². The fourth-order valence-electron chi connectivity index (χ4n) is 1.63. The summed E-state index contributed by atoms with van der Waals surface area (Å²) in [4.78, 5) is 2.01. The Kier molecular flexibility index (Phi) is 5.38. The SMILES string of the molecule is CNCC(O)CN(C)Cc1ccc(F)cc1. The highest BCUT2D eigenvalue weighted by atomic mass is 19.1. The van der Waals surface area contributed by atoms with Crippen LogP contribution in [0.4, 0.5) is 4.39 Å². The third-order valence-electron chi connectivity index (χ3n) is 2.33. The van der Waals surface area contributed by atoms with E-state index >= 15 is 0 Å². The highest BCUT2D eigenvalue weighted by molar-refractivity contribution is 5.15. The molecule has 4 heteroatoms. The summed E-state index contributed by atoms with van der Waals surface area (Å²) < 4.78 is 12.7. The Morgan fingerprint density at radius 3 is 2.56 bits per heavy atom. The zero-order valence-electron chi connectivity index (χ0n) is 9.78. The maximum atomic E-state index is 12.7. The first-order valence-electron chi connectivity index (χ1n) is 5.37. The van der Waals surface area contributed by atoms with Crippen LogP contribution in [0.5, 0.6) is 0 Å². The monoisotopic (exact) mass is 226 g/mol. The molecular weight excluding hydrogens is 207 g/mol. The number of aliphatic hydroxyl groups excluding tert-OH is 1. The molecule has 0 radical (unpaired) electrons. The Hall–Kier alpha value is -0.970. The van der Waals surface area contributed by atoms with Gasteiger partial charge in [-0.1, -0.05) is 12.1 Å². The fourth-order valence-corrected chi connectivity index (χ4v) is 1.63. The topological polar surface area (TPSA) is 35.5 Å². The lowest BCUT2D eigenvalue weighted by Gasteiger charge is -2.20. The van der Waals surface area contributed by atoms with Crippen molar-refractivity contribution in [2.45, 2.75) is 12.6 Å². The van der Waals surface area contributed by atoms with Crippen molar-refractivity contribution >= 4 is 0 Å². The Labute approximate surface area is 95.9 Å². The Balaban J connectivity index is 2.39. The highest BCUT2D eigenvalue weighted by Crippen LogP contribution is 2.05. The maximum Gasteiger partial charge on any atom is 0.123 e. The number of nitrogens with one attached hydrogen (secondary N) is 1. The second-order valence-electron chi connectivity index (χ2n) is 4.03. The average Bonchev–Trinajstić information content (AvgIpc) is 2.21. The summed E-state index contributed by atoms with van der Waals surface area (Å²) in [6.45, 7) is 1.88. The summed E-state index contributed by atoms with van der Waals surface area (Å²) in [5.74, 6) is -0.221. The van der Waals surface area contributed by atoms with Gasteiger partial charge >= 0.3 is 0 Å². The van der Waals surface area contributed by atoms with Crippen molar-refractivity contribution in [1.82, 2.24) is 10.2 Å². The Bertz CT molecular complexity index is 302. The highest BCUT2D eigenvalue weighted by Gasteiger charge is 2.07. The standard InChI is InChI=1S/C12H19FN2O/c1-14-7-12(16)9-15(2)8-10-3-5-11(13)6-4-10/h3-6,12,14,16H,7-9H2,1-2H3. The first-order chi connectivity index (χ1) is 7.61. The molecule has 0 fully saturated rings. The summed E-state index contributed by atoms with van der Waals surface area (Å²) in [5, 5.41) is 12.5. The van der Waals surface area contributed by atoms with E-state index in [0.29, 0.717) is 19.6 Å². The van der Waals surface area contributed by atoms with Crippen molar-refractivity contribution in [2.24, 2.45) is 0 Å². The molecule has 0 saturated carbocycles. The molecule has 0 saturated heterocycles. The lowest BCUT2D eigenvalue weighted by Crippen LogP contribution is -2.35. The molecule has 0 aliphatic heterocycles. The molecule has 0 aliphatic rings. The predicted octanol–water partition coefficient (Wildman–Crippen LogP) is 0.838. The third kappa shape index (κ3) is 4.70. The van der Waals surface area contributed by atoms with Crippen molar-refractivity contribution in [2.75, 3.05) is 27.2 Å². The molecule has 0 aliphatic carbocycles. The van der Waals surface area contributed by atoms with Crippen molar-refractivity contribution < 1.29 is 9.50 Å². The van der Waals surface area contributed by atoms with Crippen LogP contribution in [-0.4, -0.2) is 43.3 Å². The van der Waals surface area contributed by atoms with Crippen LogP contribution in [0.3, 0.4) is 0 Å². The summed E-state index contributed by atoms with van der Waals surface area (Å²) in [6.07, 6.45) is -0.379. The van der Waals surface area contributed by atoms with Crippen LogP contribution in [0.25, 0.3) is 0 Å². The molecule has 1 rings (SSSR count). The van der Waals surface area contributed by atoms with Crippen molar-refractivity contribution in [3.8, 4) is 0 Å². The normalized spacial score (nSPS) is 13.1. The van der Waals surface area contributed by atoms with E-state index in [4.69, 9.17) is 0 Å². The van der Waals surface area contributed by atoms with E-state index in [2.05, 4.69) is 5.32 Å². The van der Waals surface area contributed by atoms with E-state index in [1.165, 1.54) is 12.1 Å². The van der Waals surface area contributed by atoms with Crippen LogP contribution in [0, 0.1) is 5.82 Å². The van der Waals surface area contributed by atoms with E-state index in [1.54, 1.807) is 12.1 Å². The van der Waals surface area contributed by atoms with Crippen LogP contribution in [0.15, 0.2) is 24.3 Å². The summed E-state index contributed by atoms with van der Waals surface area (Å²) in [5.41, 5.74) is 1.04. The molecule has 1 aromatic rings. The van der Waals surface area contributed by atoms with Gasteiger partial charge < -0.3 is 10.4 Å². The smallest absolute Gasteiger partial charge is 0.123 e. The zero-order chi connectivity index (χ0) is 12.0. The van der Waals surface area contributed by atoms with E-state index < -0.39 is 0 Å². The number of benzene rings is 1. The number of nitrogens with zero attached hydrogens (tertiary/aromatic N) is 1. The van der Waals surface area contributed by atoms with Gasteiger partial charge in [0.1, 0.15) is 5.82 Å². The van der Waals surface area contributed by atoms with Gasteiger partial charge in [-0.15, -0.1) is 0 Å². The number of likely N-dealkylation sites (N-methyl/N-ethyl adjacent to an activating group) is 2. The van der Waals surface area contributed by atoms with Crippen LogP contribution in [0.1, 0.15) is 5.56 Å². The third-order valence-corrected chi connectivity index (χ3v) is 2.33. The molecule has 3 nitrogen and oxygen atoms in total. The molecule has 1 unspecified atom stereocenters. The lowest BCUT2D eigenvalue weighted by atomic mass is 10.2. The number of hydrogen-bond acceptors (Lipinski definition) is 3. The molecule has 0 spiro atoms. The number of rotatable bonds is 6. The number of aliphatic hydroxyl groups is 1. The molecule has 0 bridgehead atoms. The molecule has 0 amide bonds. The molecule has 2 N–H and O–H groups in total. The molecule has 0 aromatic heterocycles. The second-order valence-corrected chi connectivity index (χ2v) is 4.03. The van der Waals surface area contributed by atoms with Gasteiger partial charge in [-0.25, -0.2) is 4.39 Å². The Morgan fingerprint density at radius 2 is 2.00 bits per heavy atom. The van der Waals surface area contributed by atoms with Crippen molar-refractivity contribution in [3.63, 3.8) is 0 Å². The average molecular weight is 226 g/mol. The predicted molar refractivity (Wildman–Crippen MR) is 62.7 cm³/mol. The van der Waals surface area contributed by atoms with Gasteiger partial charge in [0.2, 0.25) is 0 Å². The molecular formula is C12H19FN2O. The van der Waals surface area contributed by atoms with Gasteiger partial charge in [0.25, 0.3) is 0 Å². The Morgan fingerprint density at radius 1 is 1.38 bits per heavy atom. The van der Waals surface area contributed by atoms with Gasteiger partial charge in [-0.05, 0) is 31.8 Å². The van der Waals surface area contributed by atoms with Gasteiger partial charge in [0.15, 0.2) is 0 Å². The molecule has 90 valence electrons. The minimum Gasteiger partial charge on any atom is -0.390 e. The van der Waals surface area contributed by atoms with Gasteiger partial charge in [0.05, 0.1) is 6.10 Å². The van der Waals surface area contributed by atoms with Crippen LogP contribution < -0.4 is 5.32 Å². The van der Waals surface area contributed by atoms with Crippen molar-refractivity contribution in [1.29, 1.82) is 0 Å². The minimum atomic E-state index is -0.379. The van der Waals surface area contributed by atoms with Gasteiger partial charge in [-0.2, -0.15) is 0 Å². The summed E-state index contributed by atoms with van der Waals surface area (Å²) >= 11 is 0. The summed E-state index contributed by atoms with van der Waals surface area (Å²) in [7, 11) is 3.74. The number of hydrogen-bond donors (Lipinski definition) is 2. The van der Waals surface area contributed by atoms with Crippen LogP contribution in [-0.2, 0) is 6.54 Å². The van der Waals surface area contributed by atoms with Gasteiger partial charge in [0, 0.05) is 19.6 Å². The number of halogens is 1. The minimum absolute atomic E-state index is 0.221. The molecule has 1 atom stereocenters. The van der Waals surface area contributed by atoms with E-state index in [0.717, 1.165) is 5.56 Å². The maximum absolute atomic E-state index is 12.7. The summed E-state index contributed by atoms with van der Waals surface area (Å²) in [6, 6.07) is 6.42.